The van der Waals surface area contributed by atoms with Gasteiger partial charge in [-0.2, -0.15) is 0 Å². The van der Waals surface area contributed by atoms with E-state index in [2.05, 4.69) is 5.16 Å². The Morgan fingerprint density at radius 1 is 1.10 bits per heavy atom. The SMILES string of the molecule is CC.Cc1cccc(Cl)c1-c1noc(C2CC2)c1C1(O)CC2(CCC(O)CC2)C1. The molecule has 4 nitrogen and oxygen atoms in total. The molecule has 3 aliphatic rings. The summed E-state index contributed by atoms with van der Waals surface area (Å²) < 4.78 is 5.79. The van der Waals surface area contributed by atoms with Crippen molar-refractivity contribution in [2.24, 2.45) is 5.41 Å². The number of aliphatic hydroxyl groups excluding tert-OH is 1. The van der Waals surface area contributed by atoms with Crippen LogP contribution in [0.5, 0.6) is 0 Å². The van der Waals surface area contributed by atoms with Gasteiger partial charge in [0.05, 0.1) is 22.3 Å². The van der Waals surface area contributed by atoms with Crippen molar-refractivity contribution in [1.82, 2.24) is 5.16 Å². The van der Waals surface area contributed by atoms with Crippen molar-refractivity contribution >= 4 is 11.6 Å². The Balaban J connectivity index is 0.000000994. The van der Waals surface area contributed by atoms with Crippen molar-refractivity contribution in [1.29, 1.82) is 0 Å². The van der Waals surface area contributed by atoms with Crippen LogP contribution in [0.4, 0.5) is 0 Å². The quantitative estimate of drug-likeness (QED) is 0.632. The maximum absolute atomic E-state index is 11.6. The van der Waals surface area contributed by atoms with Crippen LogP contribution in [-0.4, -0.2) is 21.5 Å². The number of nitrogens with zero attached hydrogens (tertiary/aromatic N) is 1. The van der Waals surface area contributed by atoms with Crippen LogP contribution in [0.25, 0.3) is 11.3 Å². The summed E-state index contributed by atoms with van der Waals surface area (Å²) in [6, 6.07) is 5.82. The highest BCUT2D eigenvalue weighted by atomic mass is 35.5. The fourth-order valence-corrected chi connectivity index (χ4v) is 5.72. The molecule has 5 heteroatoms. The molecule has 0 radical (unpaired) electrons. The lowest BCUT2D eigenvalue weighted by Crippen LogP contribution is -2.52. The van der Waals surface area contributed by atoms with Crippen molar-refractivity contribution in [2.75, 3.05) is 0 Å². The molecular weight excluding hydrogens is 386 g/mol. The number of aryl methyl sites for hydroxylation is 1. The first-order valence-corrected chi connectivity index (χ1v) is 11.4. The van der Waals surface area contributed by atoms with E-state index >= 15 is 0 Å². The van der Waals surface area contributed by atoms with Crippen molar-refractivity contribution in [3.8, 4) is 11.3 Å². The number of aliphatic hydroxyl groups is 2. The van der Waals surface area contributed by atoms with E-state index in [1.807, 2.05) is 39.0 Å². The van der Waals surface area contributed by atoms with E-state index in [4.69, 9.17) is 16.1 Å². The summed E-state index contributed by atoms with van der Waals surface area (Å²) >= 11 is 6.52. The van der Waals surface area contributed by atoms with Gasteiger partial charge in [0.1, 0.15) is 11.5 Å². The molecule has 3 aliphatic carbocycles. The monoisotopic (exact) mass is 417 g/mol. The molecule has 2 aromatic rings. The maximum Gasteiger partial charge on any atom is 0.146 e. The fraction of sp³-hybridized carbons (Fsp3) is 0.625. The third kappa shape index (κ3) is 3.64. The third-order valence-electron chi connectivity index (χ3n) is 6.94. The largest absolute Gasteiger partial charge is 0.393 e. The van der Waals surface area contributed by atoms with Crippen LogP contribution in [-0.2, 0) is 5.60 Å². The zero-order chi connectivity index (χ0) is 20.8. The number of hydrogen-bond donors (Lipinski definition) is 2. The summed E-state index contributed by atoms with van der Waals surface area (Å²) in [4.78, 5) is 0. The van der Waals surface area contributed by atoms with E-state index in [0.717, 1.165) is 73.8 Å². The van der Waals surface area contributed by atoms with Gasteiger partial charge in [-0.1, -0.05) is 42.7 Å². The second-order valence-corrected chi connectivity index (χ2v) is 9.50. The maximum atomic E-state index is 11.6. The lowest BCUT2D eigenvalue weighted by Gasteiger charge is -2.56. The molecule has 0 unspecified atom stereocenters. The minimum Gasteiger partial charge on any atom is -0.393 e. The summed E-state index contributed by atoms with van der Waals surface area (Å²) in [5.74, 6) is 1.23. The minimum absolute atomic E-state index is 0.152. The molecule has 0 bridgehead atoms. The molecule has 0 saturated heterocycles. The van der Waals surface area contributed by atoms with Gasteiger partial charge in [0.15, 0.2) is 0 Å². The molecule has 29 heavy (non-hydrogen) atoms. The average molecular weight is 418 g/mol. The molecule has 5 rings (SSSR count). The highest BCUT2D eigenvalue weighted by Crippen LogP contribution is 2.63. The van der Waals surface area contributed by atoms with Gasteiger partial charge in [-0.15, -0.1) is 0 Å². The molecule has 158 valence electrons. The van der Waals surface area contributed by atoms with Crippen LogP contribution in [0.1, 0.15) is 88.0 Å². The predicted molar refractivity (Wildman–Crippen MR) is 115 cm³/mol. The predicted octanol–water partition coefficient (Wildman–Crippen LogP) is 6.11. The Labute approximate surface area is 178 Å². The summed E-state index contributed by atoms with van der Waals surface area (Å²) in [5, 5.41) is 26.5. The molecule has 1 aromatic carbocycles. The summed E-state index contributed by atoms with van der Waals surface area (Å²) in [5.41, 5.74) is 2.75. The van der Waals surface area contributed by atoms with Gasteiger partial charge in [0.2, 0.25) is 0 Å². The van der Waals surface area contributed by atoms with Crippen LogP contribution in [0.15, 0.2) is 22.7 Å². The summed E-state index contributed by atoms with van der Waals surface area (Å²) in [6.45, 7) is 6.02. The van der Waals surface area contributed by atoms with Gasteiger partial charge in [0, 0.05) is 11.5 Å². The number of halogens is 1. The summed E-state index contributed by atoms with van der Waals surface area (Å²) in [7, 11) is 0. The van der Waals surface area contributed by atoms with E-state index in [-0.39, 0.29) is 11.5 Å². The molecule has 1 spiro atoms. The highest BCUT2D eigenvalue weighted by molar-refractivity contribution is 6.33. The number of benzene rings is 1. The first-order valence-electron chi connectivity index (χ1n) is 11.1. The van der Waals surface area contributed by atoms with Crippen molar-refractivity contribution < 1.29 is 14.7 Å². The Morgan fingerprint density at radius 2 is 1.76 bits per heavy atom. The van der Waals surface area contributed by atoms with Crippen LogP contribution in [0.2, 0.25) is 5.02 Å². The van der Waals surface area contributed by atoms with E-state index in [1.165, 1.54) is 0 Å². The van der Waals surface area contributed by atoms with Crippen molar-refractivity contribution in [2.45, 2.75) is 89.8 Å². The lowest BCUT2D eigenvalue weighted by molar-refractivity contribution is -0.158. The van der Waals surface area contributed by atoms with Gasteiger partial charge < -0.3 is 14.7 Å². The number of aromatic nitrogens is 1. The first kappa shape index (κ1) is 20.9. The van der Waals surface area contributed by atoms with Crippen LogP contribution in [0.3, 0.4) is 0 Å². The Morgan fingerprint density at radius 3 is 2.34 bits per heavy atom. The summed E-state index contributed by atoms with van der Waals surface area (Å²) in [6.07, 6.45) is 7.11. The third-order valence-corrected chi connectivity index (χ3v) is 7.26. The van der Waals surface area contributed by atoms with Crippen LogP contribution >= 0.6 is 11.6 Å². The standard InChI is InChI=1S/C22H26ClNO3.C2H6/c1-13-3-2-4-16(23)17(13)19-18(20(27-24-19)14-5-6-14)22(26)11-21(12-22)9-7-15(25)8-10-21;1-2/h2-4,14-15,25-26H,5-12H2,1H3;1-2H3. The first-order chi connectivity index (χ1) is 13.9. The molecule has 3 saturated carbocycles. The molecule has 1 aromatic heterocycles. The van der Waals surface area contributed by atoms with Crippen molar-refractivity contribution in [3.05, 3.63) is 40.1 Å². The number of rotatable bonds is 3. The normalized spacial score (nSPS) is 31.2. The molecule has 3 fully saturated rings. The van der Waals surface area contributed by atoms with E-state index in [0.29, 0.717) is 16.6 Å². The number of hydrogen-bond acceptors (Lipinski definition) is 4. The Hall–Kier alpha value is -1.36. The van der Waals surface area contributed by atoms with Gasteiger partial charge >= 0.3 is 0 Å². The Bertz CT molecular complexity index is 850. The zero-order valence-corrected chi connectivity index (χ0v) is 18.4. The molecule has 1 heterocycles. The fourth-order valence-electron chi connectivity index (χ4n) is 5.41. The average Bonchev–Trinajstić information content (AvgIpc) is 3.44. The highest BCUT2D eigenvalue weighted by Gasteiger charge is 2.58. The zero-order valence-electron chi connectivity index (χ0n) is 17.7. The molecule has 2 N–H and O–H groups in total. The van der Waals surface area contributed by atoms with Crippen molar-refractivity contribution in [3.63, 3.8) is 0 Å². The van der Waals surface area contributed by atoms with Gasteiger partial charge in [-0.05, 0) is 75.3 Å². The molecule has 0 aliphatic heterocycles. The smallest absolute Gasteiger partial charge is 0.146 e. The topological polar surface area (TPSA) is 66.5 Å². The molecule has 0 amide bonds. The second kappa shape index (κ2) is 7.72. The van der Waals surface area contributed by atoms with Gasteiger partial charge in [-0.3, -0.25) is 0 Å². The lowest BCUT2D eigenvalue weighted by atomic mass is 9.51. The van der Waals surface area contributed by atoms with Crippen LogP contribution < -0.4 is 0 Å². The molecular formula is C24H32ClNO3. The van der Waals surface area contributed by atoms with E-state index in [1.54, 1.807) is 0 Å². The molecule has 0 atom stereocenters. The van der Waals surface area contributed by atoms with Gasteiger partial charge in [-0.25, -0.2) is 0 Å². The Kier molecular flexibility index (Phi) is 5.56. The van der Waals surface area contributed by atoms with E-state index < -0.39 is 5.60 Å². The minimum atomic E-state index is -0.902. The second-order valence-electron chi connectivity index (χ2n) is 9.09. The van der Waals surface area contributed by atoms with Gasteiger partial charge in [0.25, 0.3) is 0 Å². The van der Waals surface area contributed by atoms with Crippen LogP contribution in [0, 0.1) is 12.3 Å². The van der Waals surface area contributed by atoms with E-state index in [9.17, 15) is 10.2 Å².